The van der Waals surface area contributed by atoms with E-state index in [0.29, 0.717) is 34.6 Å². The Hall–Kier alpha value is -2.12. The first kappa shape index (κ1) is 14.3. The van der Waals surface area contributed by atoms with Crippen LogP contribution in [0.3, 0.4) is 0 Å². The smallest absolute Gasteiger partial charge is 0.224 e. The number of ether oxygens (including phenoxy) is 1. The summed E-state index contributed by atoms with van der Waals surface area (Å²) < 4.78 is 7.62. The van der Waals surface area contributed by atoms with Crippen LogP contribution in [0, 0.1) is 11.3 Å². The number of nitrogen functional groups attached to an aromatic ring is 1. The molecule has 2 rings (SSSR count). The number of anilines is 1. The van der Waals surface area contributed by atoms with E-state index in [9.17, 15) is 0 Å². The molecule has 0 atom stereocenters. The number of hydrogen-bond donors (Lipinski definition) is 1. The number of aromatic nitrogens is 1. The normalized spacial score (nSPS) is 10.2. The van der Waals surface area contributed by atoms with Crippen molar-refractivity contribution in [2.75, 3.05) is 5.73 Å². The van der Waals surface area contributed by atoms with Crippen LogP contribution >= 0.6 is 11.6 Å². The monoisotopic (exact) mass is 289 g/mol. The van der Waals surface area contributed by atoms with Crippen molar-refractivity contribution in [2.45, 2.75) is 26.3 Å². The summed E-state index contributed by atoms with van der Waals surface area (Å²) in [5, 5.41) is 9.80. The first-order valence-electron chi connectivity index (χ1n) is 6.48. The number of nitrogens with zero attached hydrogens (tertiary/aromatic N) is 2. The highest BCUT2D eigenvalue weighted by Gasteiger charge is 2.14. The minimum Gasteiger partial charge on any atom is -0.439 e. The van der Waals surface area contributed by atoms with Gasteiger partial charge in [0.1, 0.15) is 17.5 Å². The third-order valence-corrected chi connectivity index (χ3v) is 3.21. The molecule has 0 aliphatic rings. The Morgan fingerprint density at radius 2 is 2.05 bits per heavy atom. The highest BCUT2D eigenvalue weighted by Crippen LogP contribution is 2.32. The first-order chi connectivity index (χ1) is 9.65. The molecular formula is C15H16ClN3O. The number of benzene rings is 1. The van der Waals surface area contributed by atoms with Gasteiger partial charge >= 0.3 is 0 Å². The van der Waals surface area contributed by atoms with E-state index in [0.717, 1.165) is 12.8 Å². The van der Waals surface area contributed by atoms with E-state index in [1.165, 1.54) is 0 Å². The Bertz CT molecular complexity index is 626. The maximum absolute atomic E-state index is 9.16. The molecule has 1 aromatic heterocycles. The van der Waals surface area contributed by atoms with Gasteiger partial charge in [-0.2, -0.15) is 5.26 Å². The van der Waals surface area contributed by atoms with Gasteiger partial charge in [-0.05, 0) is 30.7 Å². The second-order valence-corrected chi connectivity index (χ2v) is 4.90. The third kappa shape index (κ3) is 3.06. The third-order valence-electron chi connectivity index (χ3n) is 2.95. The first-order valence-corrected chi connectivity index (χ1v) is 6.86. The molecular weight excluding hydrogens is 274 g/mol. The van der Waals surface area contributed by atoms with Crippen LogP contribution in [0.4, 0.5) is 5.69 Å². The summed E-state index contributed by atoms with van der Waals surface area (Å²) in [7, 11) is 0. The van der Waals surface area contributed by atoms with E-state index < -0.39 is 0 Å². The molecule has 0 saturated carbocycles. The molecule has 0 fully saturated rings. The van der Waals surface area contributed by atoms with Crippen molar-refractivity contribution in [3.8, 4) is 17.7 Å². The zero-order chi connectivity index (χ0) is 14.5. The number of hydrogen-bond acceptors (Lipinski definition) is 3. The lowest BCUT2D eigenvalue weighted by molar-refractivity contribution is 0.425. The number of unbranched alkanes of at least 4 members (excludes halogenated alkanes) is 1. The Kier molecular flexibility index (Phi) is 4.54. The van der Waals surface area contributed by atoms with Crippen LogP contribution in [-0.4, -0.2) is 4.57 Å². The molecule has 1 aromatic carbocycles. The lowest BCUT2D eigenvalue weighted by Crippen LogP contribution is -2.03. The Morgan fingerprint density at radius 3 is 2.65 bits per heavy atom. The van der Waals surface area contributed by atoms with Gasteiger partial charge in [0.05, 0.1) is 5.69 Å². The van der Waals surface area contributed by atoms with Gasteiger partial charge in [-0.15, -0.1) is 0 Å². The average Bonchev–Trinajstić information content (AvgIpc) is 2.75. The number of rotatable bonds is 5. The van der Waals surface area contributed by atoms with E-state index in [-0.39, 0.29) is 0 Å². The van der Waals surface area contributed by atoms with Crippen molar-refractivity contribution >= 4 is 17.3 Å². The standard InChI is InChI=1S/C15H16ClN3O/c1-2-3-8-19-12(10-17)9-14(18)15(19)20-13-6-4-11(16)5-7-13/h4-7,9H,2-3,8,18H2,1H3. The molecule has 0 radical (unpaired) electrons. The molecule has 1 heterocycles. The Balaban J connectivity index is 2.32. The van der Waals surface area contributed by atoms with Crippen molar-refractivity contribution in [1.29, 1.82) is 5.26 Å². The molecule has 2 aromatic rings. The molecule has 20 heavy (non-hydrogen) atoms. The fourth-order valence-corrected chi connectivity index (χ4v) is 2.04. The van der Waals surface area contributed by atoms with Gasteiger partial charge < -0.3 is 15.0 Å². The lowest BCUT2D eigenvalue weighted by Gasteiger charge is -2.12. The lowest BCUT2D eigenvalue weighted by atomic mass is 10.3. The molecule has 0 aliphatic carbocycles. The number of nitriles is 1. The fourth-order valence-electron chi connectivity index (χ4n) is 1.91. The molecule has 0 aliphatic heterocycles. The molecule has 104 valence electrons. The van der Waals surface area contributed by atoms with Crippen molar-refractivity contribution in [3.05, 3.63) is 41.0 Å². The van der Waals surface area contributed by atoms with Crippen LogP contribution in [0.2, 0.25) is 5.02 Å². The van der Waals surface area contributed by atoms with Crippen LogP contribution in [0.5, 0.6) is 11.6 Å². The predicted molar refractivity (Wildman–Crippen MR) is 80.0 cm³/mol. The van der Waals surface area contributed by atoms with E-state index >= 15 is 0 Å². The van der Waals surface area contributed by atoms with Gasteiger partial charge in [0, 0.05) is 17.6 Å². The summed E-state index contributed by atoms with van der Waals surface area (Å²) in [4.78, 5) is 0. The van der Waals surface area contributed by atoms with E-state index in [4.69, 9.17) is 27.3 Å². The molecule has 0 spiro atoms. The van der Waals surface area contributed by atoms with Gasteiger partial charge in [-0.3, -0.25) is 0 Å². The van der Waals surface area contributed by atoms with Gasteiger partial charge in [0.2, 0.25) is 5.88 Å². The summed E-state index contributed by atoms with van der Waals surface area (Å²) in [6, 6.07) is 10.8. The number of nitrogens with two attached hydrogens (primary N) is 1. The highest BCUT2D eigenvalue weighted by molar-refractivity contribution is 6.30. The topological polar surface area (TPSA) is 64.0 Å². The van der Waals surface area contributed by atoms with Crippen LogP contribution in [0.1, 0.15) is 25.5 Å². The van der Waals surface area contributed by atoms with Gasteiger partial charge in [-0.25, -0.2) is 0 Å². The van der Waals surface area contributed by atoms with Crippen molar-refractivity contribution in [2.24, 2.45) is 0 Å². The largest absolute Gasteiger partial charge is 0.439 e. The summed E-state index contributed by atoms with van der Waals surface area (Å²) in [5.41, 5.74) is 6.92. The number of halogens is 1. The Labute approximate surface area is 123 Å². The van der Waals surface area contributed by atoms with Crippen molar-refractivity contribution in [1.82, 2.24) is 4.57 Å². The maximum Gasteiger partial charge on any atom is 0.224 e. The summed E-state index contributed by atoms with van der Waals surface area (Å²) in [5.74, 6) is 1.15. The van der Waals surface area contributed by atoms with Crippen molar-refractivity contribution in [3.63, 3.8) is 0 Å². The molecule has 5 heteroatoms. The zero-order valence-electron chi connectivity index (χ0n) is 11.3. The van der Waals surface area contributed by atoms with Crippen LogP contribution in [0.25, 0.3) is 0 Å². The van der Waals surface area contributed by atoms with E-state index in [2.05, 4.69) is 13.0 Å². The SMILES string of the molecule is CCCCn1c(C#N)cc(N)c1Oc1ccc(Cl)cc1. The summed E-state index contributed by atoms with van der Waals surface area (Å²) >= 11 is 5.84. The minimum atomic E-state index is 0.465. The van der Waals surface area contributed by atoms with Gasteiger partial charge in [0.15, 0.2) is 0 Å². The summed E-state index contributed by atoms with van der Waals surface area (Å²) in [6.07, 6.45) is 1.99. The Morgan fingerprint density at radius 1 is 1.35 bits per heavy atom. The predicted octanol–water partition coefficient (Wildman–Crippen LogP) is 4.19. The van der Waals surface area contributed by atoms with Crippen LogP contribution in [-0.2, 0) is 6.54 Å². The zero-order valence-corrected chi connectivity index (χ0v) is 12.0. The fraction of sp³-hybridized carbons (Fsp3) is 0.267. The van der Waals surface area contributed by atoms with Gasteiger partial charge in [0.25, 0.3) is 0 Å². The second-order valence-electron chi connectivity index (χ2n) is 4.46. The molecule has 0 saturated heterocycles. The van der Waals surface area contributed by atoms with Gasteiger partial charge in [-0.1, -0.05) is 24.9 Å². The van der Waals surface area contributed by atoms with Crippen LogP contribution < -0.4 is 10.5 Å². The molecule has 4 nitrogen and oxygen atoms in total. The maximum atomic E-state index is 9.16. The molecule has 0 amide bonds. The van der Waals surface area contributed by atoms with E-state index in [1.807, 2.05) is 4.57 Å². The minimum absolute atomic E-state index is 0.465. The average molecular weight is 290 g/mol. The second kappa shape index (κ2) is 6.36. The molecule has 0 unspecified atom stereocenters. The van der Waals surface area contributed by atoms with E-state index in [1.54, 1.807) is 30.3 Å². The quantitative estimate of drug-likeness (QED) is 0.897. The molecule has 0 bridgehead atoms. The van der Waals surface area contributed by atoms with Crippen LogP contribution in [0.15, 0.2) is 30.3 Å². The molecule has 2 N–H and O–H groups in total. The highest BCUT2D eigenvalue weighted by atomic mass is 35.5. The summed E-state index contributed by atoms with van der Waals surface area (Å²) in [6.45, 7) is 2.80. The van der Waals surface area contributed by atoms with Crippen molar-refractivity contribution < 1.29 is 4.74 Å².